The zero-order valence-electron chi connectivity index (χ0n) is 9.27. The van der Waals surface area contributed by atoms with Crippen LogP contribution in [0.2, 0.25) is 0 Å². The van der Waals surface area contributed by atoms with E-state index in [-0.39, 0.29) is 11.4 Å². The maximum Gasteiger partial charge on any atom is 0.171 e. The summed E-state index contributed by atoms with van der Waals surface area (Å²) in [5, 5.41) is 3.34. The predicted octanol–water partition coefficient (Wildman–Crippen LogP) is 1.67. The molecule has 0 aromatic heterocycles. The van der Waals surface area contributed by atoms with Crippen molar-refractivity contribution in [2.75, 3.05) is 19.7 Å². The summed E-state index contributed by atoms with van der Waals surface area (Å²) in [6, 6.07) is 0. The van der Waals surface area contributed by atoms with Gasteiger partial charge in [0.05, 0.1) is 12.2 Å². The van der Waals surface area contributed by atoms with E-state index in [0.717, 1.165) is 45.4 Å². The summed E-state index contributed by atoms with van der Waals surface area (Å²) >= 11 is 0. The molecule has 0 saturated carbocycles. The molecule has 1 N–H and O–H groups in total. The van der Waals surface area contributed by atoms with Crippen molar-refractivity contribution in [3.05, 3.63) is 0 Å². The minimum atomic E-state index is -0.255. The van der Waals surface area contributed by atoms with Crippen molar-refractivity contribution >= 4 is 0 Å². The Hall–Kier alpha value is -0.120. The Balaban J connectivity index is 1.98. The molecule has 0 radical (unpaired) electrons. The molecule has 0 aromatic carbocycles. The number of hydrogen-bond acceptors (Lipinski definition) is 3. The molecule has 2 fully saturated rings. The first-order valence-corrected chi connectivity index (χ1v) is 5.73. The van der Waals surface area contributed by atoms with Crippen LogP contribution in [0.5, 0.6) is 0 Å². The fourth-order valence-electron chi connectivity index (χ4n) is 2.50. The smallest absolute Gasteiger partial charge is 0.171 e. The van der Waals surface area contributed by atoms with E-state index in [9.17, 15) is 0 Å². The van der Waals surface area contributed by atoms with Gasteiger partial charge in [0.2, 0.25) is 0 Å². The second kappa shape index (κ2) is 3.80. The fraction of sp³-hybridized carbons (Fsp3) is 1.00. The van der Waals surface area contributed by atoms with Gasteiger partial charge in [-0.15, -0.1) is 0 Å². The highest BCUT2D eigenvalue weighted by atomic mass is 16.8. The molecule has 0 aromatic rings. The highest BCUT2D eigenvalue weighted by Gasteiger charge is 2.47. The lowest BCUT2D eigenvalue weighted by molar-refractivity contribution is -0.199. The summed E-state index contributed by atoms with van der Waals surface area (Å²) < 4.78 is 12.0. The van der Waals surface area contributed by atoms with Crippen molar-refractivity contribution in [3.8, 4) is 0 Å². The summed E-state index contributed by atoms with van der Waals surface area (Å²) in [4.78, 5) is 0. The summed E-state index contributed by atoms with van der Waals surface area (Å²) in [6.07, 6.45) is 4.25. The zero-order chi connectivity index (χ0) is 10.1. The monoisotopic (exact) mass is 199 g/mol. The molecule has 2 aliphatic heterocycles. The average Bonchev–Trinajstić information content (AvgIpc) is 2.46. The van der Waals surface area contributed by atoms with Gasteiger partial charge in [0.1, 0.15) is 0 Å². The number of nitrogens with one attached hydrogen (secondary N) is 1. The van der Waals surface area contributed by atoms with Crippen LogP contribution in [0.15, 0.2) is 0 Å². The molecule has 1 spiro atoms. The minimum Gasteiger partial charge on any atom is -0.347 e. The second-order valence-electron chi connectivity index (χ2n) is 4.75. The van der Waals surface area contributed by atoms with Gasteiger partial charge in [-0.05, 0) is 13.3 Å². The largest absolute Gasteiger partial charge is 0.347 e. The van der Waals surface area contributed by atoms with E-state index >= 15 is 0 Å². The van der Waals surface area contributed by atoms with Gasteiger partial charge in [0.25, 0.3) is 0 Å². The first-order chi connectivity index (χ1) is 6.68. The maximum absolute atomic E-state index is 6.16. The van der Waals surface area contributed by atoms with E-state index in [1.807, 2.05) is 0 Å². The standard InChI is InChI=1S/C11H21NO2/c1-3-4-10(2)9-13-11(14-10)5-7-12-8-6-11/h12H,3-9H2,1-2H3. The van der Waals surface area contributed by atoms with Crippen molar-refractivity contribution in [1.82, 2.24) is 5.32 Å². The lowest BCUT2D eigenvalue weighted by Crippen LogP contribution is -2.44. The Labute approximate surface area is 86.2 Å². The van der Waals surface area contributed by atoms with Crippen molar-refractivity contribution in [3.63, 3.8) is 0 Å². The van der Waals surface area contributed by atoms with E-state index in [2.05, 4.69) is 19.2 Å². The molecule has 0 bridgehead atoms. The summed E-state index contributed by atoms with van der Waals surface area (Å²) in [7, 11) is 0. The maximum atomic E-state index is 6.16. The average molecular weight is 199 g/mol. The third-order valence-corrected chi connectivity index (χ3v) is 3.22. The first-order valence-electron chi connectivity index (χ1n) is 5.73. The predicted molar refractivity (Wildman–Crippen MR) is 55.2 cm³/mol. The molecule has 2 saturated heterocycles. The Bertz CT molecular complexity index is 201. The molecule has 2 aliphatic rings. The van der Waals surface area contributed by atoms with Crippen LogP contribution in [0.4, 0.5) is 0 Å². The van der Waals surface area contributed by atoms with Crippen LogP contribution in [-0.4, -0.2) is 31.1 Å². The summed E-state index contributed by atoms with van der Waals surface area (Å²) in [5.41, 5.74) is -0.0356. The zero-order valence-corrected chi connectivity index (χ0v) is 9.27. The highest BCUT2D eigenvalue weighted by Crippen LogP contribution is 2.39. The second-order valence-corrected chi connectivity index (χ2v) is 4.75. The third kappa shape index (κ3) is 1.95. The summed E-state index contributed by atoms with van der Waals surface area (Å²) in [6.45, 7) is 7.17. The summed E-state index contributed by atoms with van der Waals surface area (Å²) in [5.74, 6) is -0.255. The van der Waals surface area contributed by atoms with E-state index in [1.54, 1.807) is 0 Å². The fourth-order valence-corrected chi connectivity index (χ4v) is 2.50. The first kappa shape index (κ1) is 10.4. The molecule has 3 nitrogen and oxygen atoms in total. The number of ether oxygens (including phenoxy) is 2. The number of rotatable bonds is 2. The molecule has 82 valence electrons. The molecule has 0 aliphatic carbocycles. The number of piperidine rings is 1. The van der Waals surface area contributed by atoms with Gasteiger partial charge in [-0.2, -0.15) is 0 Å². The van der Waals surface area contributed by atoms with E-state index < -0.39 is 0 Å². The molecule has 2 heterocycles. The molecular weight excluding hydrogens is 178 g/mol. The molecular formula is C11H21NO2. The Morgan fingerprint density at radius 1 is 1.29 bits per heavy atom. The Morgan fingerprint density at radius 2 is 2.00 bits per heavy atom. The lowest BCUT2D eigenvalue weighted by Gasteiger charge is -2.34. The SMILES string of the molecule is CCCC1(C)COC2(CCNCC2)O1. The van der Waals surface area contributed by atoms with Crippen molar-refractivity contribution < 1.29 is 9.47 Å². The lowest BCUT2D eigenvalue weighted by atomic mass is 10.0. The van der Waals surface area contributed by atoms with Crippen molar-refractivity contribution in [1.29, 1.82) is 0 Å². The van der Waals surface area contributed by atoms with Crippen LogP contribution in [0.1, 0.15) is 39.5 Å². The van der Waals surface area contributed by atoms with Gasteiger partial charge in [-0.1, -0.05) is 13.3 Å². The quantitative estimate of drug-likeness (QED) is 0.734. The normalized spacial score (nSPS) is 36.4. The Kier molecular flexibility index (Phi) is 2.82. The third-order valence-electron chi connectivity index (χ3n) is 3.22. The Morgan fingerprint density at radius 3 is 2.64 bits per heavy atom. The van der Waals surface area contributed by atoms with Crippen LogP contribution in [0.3, 0.4) is 0 Å². The van der Waals surface area contributed by atoms with Gasteiger partial charge >= 0.3 is 0 Å². The van der Waals surface area contributed by atoms with Gasteiger partial charge in [0, 0.05) is 25.9 Å². The van der Waals surface area contributed by atoms with E-state index in [1.165, 1.54) is 0 Å². The topological polar surface area (TPSA) is 30.5 Å². The number of hydrogen-bond donors (Lipinski definition) is 1. The molecule has 0 amide bonds. The van der Waals surface area contributed by atoms with E-state index in [4.69, 9.17) is 9.47 Å². The van der Waals surface area contributed by atoms with Crippen molar-refractivity contribution in [2.45, 2.75) is 50.9 Å². The molecule has 2 rings (SSSR count). The molecule has 1 unspecified atom stereocenters. The highest BCUT2D eigenvalue weighted by molar-refractivity contribution is 4.90. The molecule has 3 heteroatoms. The minimum absolute atomic E-state index is 0.0356. The molecule has 1 atom stereocenters. The van der Waals surface area contributed by atoms with Crippen LogP contribution in [0, 0.1) is 0 Å². The van der Waals surface area contributed by atoms with Gasteiger partial charge < -0.3 is 14.8 Å². The van der Waals surface area contributed by atoms with Gasteiger partial charge in [-0.25, -0.2) is 0 Å². The van der Waals surface area contributed by atoms with Gasteiger partial charge in [0.15, 0.2) is 5.79 Å². The van der Waals surface area contributed by atoms with Gasteiger partial charge in [-0.3, -0.25) is 0 Å². The van der Waals surface area contributed by atoms with Crippen molar-refractivity contribution in [2.24, 2.45) is 0 Å². The van der Waals surface area contributed by atoms with Crippen LogP contribution < -0.4 is 5.32 Å². The molecule has 14 heavy (non-hydrogen) atoms. The van der Waals surface area contributed by atoms with Crippen LogP contribution >= 0.6 is 0 Å². The van der Waals surface area contributed by atoms with Crippen LogP contribution in [-0.2, 0) is 9.47 Å². The van der Waals surface area contributed by atoms with E-state index in [0.29, 0.717) is 0 Å². The van der Waals surface area contributed by atoms with Crippen LogP contribution in [0.25, 0.3) is 0 Å².